The standard InChI is InChI=1S/C16H19NO2/c1-3-13-6-8-14(9-7-13)16(18)12-17(2)11-15-5-4-10-19-15/h4-10H,3,11-12H2,1-2H3. The largest absolute Gasteiger partial charge is 0.468 e. The summed E-state index contributed by atoms with van der Waals surface area (Å²) in [6, 6.07) is 11.6. The van der Waals surface area contributed by atoms with Gasteiger partial charge in [-0.25, -0.2) is 0 Å². The van der Waals surface area contributed by atoms with Crippen LogP contribution in [-0.4, -0.2) is 24.3 Å². The smallest absolute Gasteiger partial charge is 0.176 e. The molecule has 2 rings (SSSR count). The Hall–Kier alpha value is -1.87. The molecule has 1 aromatic carbocycles. The van der Waals surface area contributed by atoms with Gasteiger partial charge in [0.05, 0.1) is 19.4 Å². The second-order valence-electron chi connectivity index (χ2n) is 4.73. The number of ketones is 1. The number of likely N-dealkylation sites (N-methyl/N-ethyl adjacent to an activating group) is 1. The third kappa shape index (κ3) is 3.80. The quantitative estimate of drug-likeness (QED) is 0.745. The maximum absolute atomic E-state index is 12.1. The first-order valence-corrected chi connectivity index (χ1v) is 6.52. The van der Waals surface area contributed by atoms with Crippen LogP contribution in [0, 0.1) is 0 Å². The molecular weight excluding hydrogens is 238 g/mol. The van der Waals surface area contributed by atoms with Crippen LogP contribution in [0.15, 0.2) is 47.1 Å². The lowest BCUT2D eigenvalue weighted by atomic mass is 10.1. The molecule has 0 fully saturated rings. The molecule has 0 atom stereocenters. The number of carbonyl (C=O) groups excluding carboxylic acids is 1. The van der Waals surface area contributed by atoms with E-state index in [2.05, 4.69) is 6.92 Å². The van der Waals surface area contributed by atoms with Crippen molar-refractivity contribution in [2.45, 2.75) is 19.9 Å². The molecule has 2 aromatic rings. The van der Waals surface area contributed by atoms with Crippen LogP contribution in [0.5, 0.6) is 0 Å². The van der Waals surface area contributed by atoms with Gasteiger partial charge < -0.3 is 4.42 Å². The molecule has 1 aromatic heterocycles. The van der Waals surface area contributed by atoms with Gasteiger partial charge in [0, 0.05) is 5.56 Å². The molecule has 0 spiro atoms. The van der Waals surface area contributed by atoms with Gasteiger partial charge in [-0.3, -0.25) is 9.69 Å². The van der Waals surface area contributed by atoms with Crippen LogP contribution in [0.3, 0.4) is 0 Å². The number of furan rings is 1. The molecule has 0 saturated carbocycles. The Morgan fingerprint density at radius 2 is 1.95 bits per heavy atom. The van der Waals surface area contributed by atoms with Crippen molar-refractivity contribution in [3.63, 3.8) is 0 Å². The van der Waals surface area contributed by atoms with Crippen LogP contribution in [0.25, 0.3) is 0 Å². The van der Waals surface area contributed by atoms with E-state index in [-0.39, 0.29) is 5.78 Å². The first kappa shape index (κ1) is 13.6. The number of benzene rings is 1. The maximum atomic E-state index is 12.1. The third-order valence-corrected chi connectivity index (χ3v) is 3.10. The zero-order valence-electron chi connectivity index (χ0n) is 11.4. The van der Waals surface area contributed by atoms with E-state index in [1.54, 1.807) is 6.26 Å². The van der Waals surface area contributed by atoms with Crippen molar-refractivity contribution in [1.82, 2.24) is 4.90 Å². The number of Topliss-reactive ketones (excluding diaryl/α,β-unsaturated/α-hetero) is 1. The summed E-state index contributed by atoms with van der Waals surface area (Å²) in [5.74, 6) is 1.01. The molecule has 0 N–H and O–H groups in total. The van der Waals surface area contributed by atoms with Gasteiger partial charge >= 0.3 is 0 Å². The lowest BCUT2D eigenvalue weighted by molar-refractivity contribution is 0.0939. The molecule has 100 valence electrons. The summed E-state index contributed by atoms with van der Waals surface area (Å²) in [6.45, 7) is 3.14. The van der Waals surface area contributed by atoms with Crippen LogP contribution in [-0.2, 0) is 13.0 Å². The van der Waals surface area contributed by atoms with E-state index in [0.29, 0.717) is 13.1 Å². The number of nitrogens with zero attached hydrogens (tertiary/aromatic N) is 1. The average molecular weight is 257 g/mol. The Morgan fingerprint density at radius 1 is 1.21 bits per heavy atom. The van der Waals surface area contributed by atoms with E-state index in [1.165, 1.54) is 5.56 Å². The predicted molar refractivity (Wildman–Crippen MR) is 75.2 cm³/mol. The number of hydrogen-bond acceptors (Lipinski definition) is 3. The van der Waals surface area contributed by atoms with Gasteiger partial charge in [-0.2, -0.15) is 0 Å². The van der Waals surface area contributed by atoms with Gasteiger partial charge in [-0.05, 0) is 31.2 Å². The minimum Gasteiger partial charge on any atom is -0.468 e. The van der Waals surface area contributed by atoms with Crippen LogP contribution in [0.2, 0.25) is 0 Å². The Morgan fingerprint density at radius 3 is 2.53 bits per heavy atom. The highest BCUT2D eigenvalue weighted by molar-refractivity contribution is 5.97. The van der Waals surface area contributed by atoms with E-state index < -0.39 is 0 Å². The van der Waals surface area contributed by atoms with Crippen molar-refractivity contribution in [2.24, 2.45) is 0 Å². The SMILES string of the molecule is CCc1ccc(C(=O)CN(C)Cc2ccco2)cc1. The molecular formula is C16H19NO2. The number of aryl methyl sites for hydroxylation is 1. The van der Waals surface area contributed by atoms with Crippen LogP contribution < -0.4 is 0 Å². The molecule has 3 nitrogen and oxygen atoms in total. The molecule has 19 heavy (non-hydrogen) atoms. The zero-order chi connectivity index (χ0) is 13.7. The topological polar surface area (TPSA) is 33.5 Å². The molecule has 3 heteroatoms. The van der Waals surface area contributed by atoms with E-state index in [1.807, 2.05) is 48.3 Å². The highest BCUT2D eigenvalue weighted by Crippen LogP contribution is 2.08. The minimum atomic E-state index is 0.136. The van der Waals surface area contributed by atoms with Crippen LogP contribution >= 0.6 is 0 Å². The monoisotopic (exact) mass is 257 g/mol. The Labute approximate surface area is 113 Å². The third-order valence-electron chi connectivity index (χ3n) is 3.10. The summed E-state index contributed by atoms with van der Waals surface area (Å²) in [5.41, 5.74) is 2.02. The summed E-state index contributed by atoms with van der Waals surface area (Å²) < 4.78 is 5.27. The first-order valence-electron chi connectivity index (χ1n) is 6.52. The van der Waals surface area contributed by atoms with Gasteiger partial charge in [-0.1, -0.05) is 31.2 Å². The second kappa shape index (κ2) is 6.34. The van der Waals surface area contributed by atoms with E-state index in [9.17, 15) is 4.79 Å². The predicted octanol–water partition coefficient (Wildman–Crippen LogP) is 3.16. The van der Waals surface area contributed by atoms with Gasteiger partial charge in [0.15, 0.2) is 5.78 Å². The average Bonchev–Trinajstić information content (AvgIpc) is 2.91. The minimum absolute atomic E-state index is 0.136. The van der Waals surface area contributed by atoms with Crippen molar-refractivity contribution in [1.29, 1.82) is 0 Å². The van der Waals surface area contributed by atoms with Gasteiger partial charge in [0.25, 0.3) is 0 Å². The highest BCUT2D eigenvalue weighted by atomic mass is 16.3. The fraction of sp³-hybridized carbons (Fsp3) is 0.312. The number of hydrogen-bond donors (Lipinski definition) is 0. The first-order chi connectivity index (χ1) is 9.19. The molecule has 0 bridgehead atoms. The lowest BCUT2D eigenvalue weighted by Gasteiger charge is -2.14. The Kier molecular flexibility index (Phi) is 4.53. The van der Waals surface area contributed by atoms with Crippen molar-refractivity contribution in [3.05, 3.63) is 59.5 Å². The van der Waals surface area contributed by atoms with E-state index in [4.69, 9.17) is 4.42 Å². The highest BCUT2D eigenvalue weighted by Gasteiger charge is 2.10. The summed E-state index contributed by atoms with van der Waals surface area (Å²) in [5, 5.41) is 0. The van der Waals surface area contributed by atoms with Gasteiger partial charge in [-0.15, -0.1) is 0 Å². The Bertz CT molecular complexity index is 514. The second-order valence-corrected chi connectivity index (χ2v) is 4.73. The molecule has 0 aliphatic rings. The summed E-state index contributed by atoms with van der Waals surface area (Å²) in [6.07, 6.45) is 2.64. The van der Waals surface area contributed by atoms with Crippen LogP contribution in [0.1, 0.15) is 28.6 Å². The molecule has 1 heterocycles. The fourth-order valence-electron chi connectivity index (χ4n) is 1.99. The van der Waals surface area contributed by atoms with Crippen molar-refractivity contribution >= 4 is 5.78 Å². The normalized spacial score (nSPS) is 10.9. The number of rotatable bonds is 6. The van der Waals surface area contributed by atoms with Gasteiger partial charge in [0.2, 0.25) is 0 Å². The summed E-state index contributed by atoms with van der Waals surface area (Å²) in [7, 11) is 1.92. The van der Waals surface area contributed by atoms with Crippen molar-refractivity contribution in [3.8, 4) is 0 Å². The van der Waals surface area contributed by atoms with Crippen molar-refractivity contribution in [2.75, 3.05) is 13.6 Å². The summed E-state index contributed by atoms with van der Waals surface area (Å²) >= 11 is 0. The van der Waals surface area contributed by atoms with E-state index in [0.717, 1.165) is 17.7 Å². The van der Waals surface area contributed by atoms with Crippen molar-refractivity contribution < 1.29 is 9.21 Å². The zero-order valence-corrected chi connectivity index (χ0v) is 11.4. The number of carbonyl (C=O) groups is 1. The molecule has 0 aliphatic heterocycles. The maximum Gasteiger partial charge on any atom is 0.176 e. The molecule has 0 radical (unpaired) electrons. The molecule has 0 unspecified atom stereocenters. The summed E-state index contributed by atoms with van der Waals surface area (Å²) in [4.78, 5) is 14.1. The fourth-order valence-corrected chi connectivity index (χ4v) is 1.99. The molecule has 0 aliphatic carbocycles. The molecule has 0 saturated heterocycles. The van der Waals surface area contributed by atoms with E-state index >= 15 is 0 Å². The lowest BCUT2D eigenvalue weighted by Crippen LogP contribution is -2.25. The van der Waals surface area contributed by atoms with Crippen LogP contribution in [0.4, 0.5) is 0 Å². The Balaban J connectivity index is 1.92. The van der Waals surface area contributed by atoms with Gasteiger partial charge in [0.1, 0.15) is 5.76 Å². The molecule has 0 amide bonds.